The Morgan fingerprint density at radius 1 is 1.25 bits per heavy atom. The van der Waals surface area contributed by atoms with E-state index in [2.05, 4.69) is 20.8 Å². The van der Waals surface area contributed by atoms with Gasteiger partial charge in [0.2, 0.25) is 5.91 Å². The number of piperidine rings is 1. The molecular formula is C13H23NO2. The average molecular weight is 225 g/mol. The van der Waals surface area contributed by atoms with Crippen LogP contribution in [0, 0.1) is 10.8 Å². The standard InChI is InChI=1S/C13H23NO2/c1-12(2,3)8-11(15)14-6-4-13(5-7-14)9-16-10-13/h4-10H2,1-3H3. The van der Waals surface area contributed by atoms with Crippen LogP contribution in [0.3, 0.4) is 0 Å². The number of carbonyl (C=O) groups excluding carboxylic acids is 1. The minimum absolute atomic E-state index is 0.103. The molecule has 2 fully saturated rings. The number of ether oxygens (including phenoxy) is 1. The molecule has 0 aromatic heterocycles. The molecule has 0 bridgehead atoms. The maximum atomic E-state index is 12.0. The first-order valence-electron chi connectivity index (χ1n) is 6.26. The predicted molar refractivity (Wildman–Crippen MR) is 63.1 cm³/mol. The molecule has 2 aliphatic rings. The van der Waals surface area contributed by atoms with Crippen LogP contribution >= 0.6 is 0 Å². The zero-order chi connectivity index (χ0) is 11.8. The molecule has 2 rings (SSSR count). The van der Waals surface area contributed by atoms with E-state index in [1.165, 1.54) is 0 Å². The summed E-state index contributed by atoms with van der Waals surface area (Å²) in [6, 6.07) is 0. The van der Waals surface area contributed by atoms with E-state index in [4.69, 9.17) is 4.74 Å². The highest BCUT2D eigenvalue weighted by atomic mass is 16.5. The molecular weight excluding hydrogens is 202 g/mol. The van der Waals surface area contributed by atoms with Crippen LogP contribution in [0.4, 0.5) is 0 Å². The van der Waals surface area contributed by atoms with Crippen molar-refractivity contribution < 1.29 is 9.53 Å². The molecule has 2 heterocycles. The Labute approximate surface area is 98.1 Å². The molecule has 16 heavy (non-hydrogen) atoms. The second kappa shape index (κ2) is 4.02. The fraction of sp³-hybridized carbons (Fsp3) is 0.923. The van der Waals surface area contributed by atoms with Gasteiger partial charge in [-0.1, -0.05) is 20.8 Å². The highest BCUT2D eigenvalue weighted by Crippen LogP contribution is 2.38. The van der Waals surface area contributed by atoms with E-state index in [0.717, 1.165) is 39.1 Å². The summed E-state index contributed by atoms with van der Waals surface area (Å²) in [5.74, 6) is 0.322. The van der Waals surface area contributed by atoms with Gasteiger partial charge in [-0.05, 0) is 18.3 Å². The van der Waals surface area contributed by atoms with E-state index < -0.39 is 0 Å². The summed E-state index contributed by atoms with van der Waals surface area (Å²) in [4.78, 5) is 14.1. The molecule has 0 radical (unpaired) electrons. The molecule has 0 aromatic rings. The van der Waals surface area contributed by atoms with Gasteiger partial charge < -0.3 is 9.64 Å². The maximum Gasteiger partial charge on any atom is 0.223 e. The summed E-state index contributed by atoms with van der Waals surface area (Å²) in [7, 11) is 0. The monoisotopic (exact) mass is 225 g/mol. The van der Waals surface area contributed by atoms with Crippen LogP contribution in [0.2, 0.25) is 0 Å². The summed E-state index contributed by atoms with van der Waals surface area (Å²) in [6.45, 7) is 10.0. The number of hydrogen-bond acceptors (Lipinski definition) is 2. The minimum atomic E-state index is 0.103. The fourth-order valence-corrected chi connectivity index (χ4v) is 2.48. The first-order valence-corrected chi connectivity index (χ1v) is 6.26. The van der Waals surface area contributed by atoms with Gasteiger partial charge in [0.25, 0.3) is 0 Å². The molecule has 92 valence electrons. The largest absolute Gasteiger partial charge is 0.380 e. The highest BCUT2D eigenvalue weighted by molar-refractivity contribution is 5.76. The summed E-state index contributed by atoms with van der Waals surface area (Å²) < 4.78 is 5.29. The van der Waals surface area contributed by atoms with E-state index in [1.807, 2.05) is 4.90 Å². The molecule has 1 amide bonds. The van der Waals surface area contributed by atoms with Gasteiger partial charge in [-0.3, -0.25) is 4.79 Å². The Balaban J connectivity index is 1.82. The highest BCUT2D eigenvalue weighted by Gasteiger charge is 2.42. The number of amides is 1. The minimum Gasteiger partial charge on any atom is -0.380 e. The first-order chi connectivity index (χ1) is 7.40. The Kier molecular flexibility index (Phi) is 2.99. The third-order valence-corrected chi connectivity index (χ3v) is 3.67. The average Bonchev–Trinajstić information content (AvgIpc) is 2.13. The Morgan fingerprint density at radius 2 is 1.81 bits per heavy atom. The summed E-state index contributed by atoms with van der Waals surface area (Å²) in [5.41, 5.74) is 0.532. The lowest BCUT2D eigenvalue weighted by Crippen LogP contribution is -2.52. The lowest BCUT2D eigenvalue weighted by Gasteiger charge is -2.47. The van der Waals surface area contributed by atoms with Crippen LogP contribution in [0.5, 0.6) is 0 Å². The summed E-state index contributed by atoms with van der Waals surface area (Å²) in [6.07, 6.45) is 2.92. The van der Waals surface area contributed by atoms with E-state index in [9.17, 15) is 4.79 Å². The van der Waals surface area contributed by atoms with Crippen molar-refractivity contribution in [3.05, 3.63) is 0 Å². The number of carbonyl (C=O) groups is 1. The van der Waals surface area contributed by atoms with Crippen molar-refractivity contribution in [3.8, 4) is 0 Å². The second-order valence-corrected chi connectivity index (χ2v) is 6.61. The zero-order valence-corrected chi connectivity index (χ0v) is 10.7. The van der Waals surface area contributed by atoms with Crippen molar-refractivity contribution in [2.75, 3.05) is 26.3 Å². The van der Waals surface area contributed by atoms with Crippen LogP contribution < -0.4 is 0 Å². The van der Waals surface area contributed by atoms with E-state index in [1.54, 1.807) is 0 Å². The fourth-order valence-electron chi connectivity index (χ4n) is 2.48. The van der Waals surface area contributed by atoms with Crippen molar-refractivity contribution in [2.24, 2.45) is 10.8 Å². The summed E-state index contributed by atoms with van der Waals surface area (Å²) >= 11 is 0. The van der Waals surface area contributed by atoms with Crippen molar-refractivity contribution in [1.29, 1.82) is 0 Å². The topological polar surface area (TPSA) is 29.5 Å². The van der Waals surface area contributed by atoms with Gasteiger partial charge in [-0.25, -0.2) is 0 Å². The van der Waals surface area contributed by atoms with Crippen molar-refractivity contribution in [1.82, 2.24) is 4.90 Å². The third-order valence-electron chi connectivity index (χ3n) is 3.67. The number of hydrogen-bond donors (Lipinski definition) is 0. The molecule has 0 unspecified atom stereocenters. The lowest BCUT2D eigenvalue weighted by atomic mass is 9.76. The molecule has 3 nitrogen and oxygen atoms in total. The van der Waals surface area contributed by atoms with Gasteiger partial charge in [0.15, 0.2) is 0 Å². The van der Waals surface area contributed by atoms with Gasteiger partial charge in [-0.2, -0.15) is 0 Å². The van der Waals surface area contributed by atoms with Crippen molar-refractivity contribution in [3.63, 3.8) is 0 Å². The molecule has 2 aliphatic heterocycles. The number of likely N-dealkylation sites (tertiary alicyclic amines) is 1. The molecule has 0 atom stereocenters. The quantitative estimate of drug-likeness (QED) is 0.683. The Bertz CT molecular complexity index is 266. The number of rotatable bonds is 1. The molecule has 1 spiro atoms. The van der Waals surface area contributed by atoms with E-state index in [0.29, 0.717) is 17.7 Å². The van der Waals surface area contributed by atoms with Gasteiger partial charge in [0.05, 0.1) is 13.2 Å². The van der Waals surface area contributed by atoms with Crippen LogP contribution in [-0.2, 0) is 9.53 Å². The first kappa shape index (κ1) is 11.9. The zero-order valence-electron chi connectivity index (χ0n) is 10.7. The van der Waals surface area contributed by atoms with Crippen molar-refractivity contribution >= 4 is 5.91 Å². The van der Waals surface area contributed by atoms with Gasteiger partial charge in [0.1, 0.15) is 0 Å². The van der Waals surface area contributed by atoms with Gasteiger partial charge >= 0.3 is 0 Å². The Hall–Kier alpha value is -0.570. The van der Waals surface area contributed by atoms with Crippen LogP contribution in [0.25, 0.3) is 0 Å². The van der Waals surface area contributed by atoms with Gasteiger partial charge in [-0.15, -0.1) is 0 Å². The molecule has 0 saturated carbocycles. The van der Waals surface area contributed by atoms with Crippen LogP contribution in [-0.4, -0.2) is 37.1 Å². The van der Waals surface area contributed by atoms with E-state index >= 15 is 0 Å². The maximum absolute atomic E-state index is 12.0. The van der Waals surface area contributed by atoms with Crippen LogP contribution in [0.15, 0.2) is 0 Å². The molecule has 0 N–H and O–H groups in total. The normalized spacial score (nSPS) is 24.3. The molecule has 0 aliphatic carbocycles. The molecule has 2 saturated heterocycles. The van der Waals surface area contributed by atoms with Crippen molar-refractivity contribution in [2.45, 2.75) is 40.0 Å². The van der Waals surface area contributed by atoms with E-state index in [-0.39, 0.29) is 5.41 Å². The lowest BCUT2D eigenvalue weighted by molar-refractivity contribution is -0.154. The van der Waals surface area contributed by atoms with Gasteiger partial charge in [0, 0.05) is 24.9 Å². The van der Waals surface area contributed by atoms with Crippen LogP contribution in [0.1, 0.15) is 40.0 Å². The third kappa shape index (κ3) is 2.57. The number of nitrogens with zero attached hydrogens (tertiary/aromatic N) is 1. The SMILES string of the molecule is CC(C)(C)CC(=O)N1CCC2(CC1)COC2. The second-order valence-electron chi connectivity index (χ2n) is 6.61. The summed E-state index contributed by atoms with van der Waals surface area (Å²) in [5, 5.41) is 0. The Morgan fingerprint density at radius 3 is 2.19 bits per heavy atom. The predicted octanol–water partition coefficient (Wildman–Crippen LogP) is 2.06. The molecule has 3 heteroatoms. The smallest absolute Gasteiger partial charge is 0.223 e. The molecule has 0 aromatic carbocycles.